The zero-order chi connectivity index (χ0) is 15.3. The molecule has 1 aliphatic heterocycles. The topological polar surface area (TPSA) is 9.23 Å². The van der Waals surface area contributed by atoms with Gasteiger partial charge in [0.15, 0.2) is 0 Å². The van der Waals surface area contributed by atoms with Crippen LogP contribution in [0.15, 0.2) is 12.7 Å². The molecule has 0 aromatic rings. The summed E-state index contributed by atoms with van der Waals surface area (Å²) in [6.45, 7) is 8.58. The van der Waals surface area contributed by atoms with Gasteiger partial charge in [-0.2, -0.15) is 0 Å². The molecule has 1 heteroatoms. The maximum absolute atomic E-state index is 6.31. The van der Waals surface area contributed by atoms with Crippen LogP contribution in [0, 0.1) is 5.92 Å². The second-order valence-electron chi connectivity index (χ2n) is 6.84. The Bertz CT molecular complexity index is 248. The predicted octanol–water partition coefficient (Wildman–Crippen LogP) is 6.67. The molecule has 0 saturated carbocycles. The Hall–Kier alpha value is -0.300. The van der Waals surface area contributed by atoms with Crippen molar-refractivity contribution in [3.05, 3.63) is 12.7 Å². The first-order valence-electron chi connectivity index (χ1n) is 9.59. The highest BCUT2D eigenvalue weighted by molar-refractivity contribution is 4.92. The fourth-order valence-corrected chi connectivity index (χ4v) is 3.50. The van der Waals surface area contributed by atoms with Crippen LogP contribution in [-0.2, 0) is 4.74 Å². The summed E-state index contributed by atoms with van der Waals surface area (Å²) in [6, 6.07) is 0. The predicted molar refractivity (Wildman–Crippen MR) is 93.7 cm³/mol. The van der Waals surface area contributed by atoms with Crippen LogP contribution in [0.4, 0.5) is 0 Å². The van der Waals surface area contributed by atoms with Crippen LogP contribution < -0.4 is 0 Å². The Labute approximate surface area is 133 Å². The first-order chi connectivity index (χ1) is 10.3. The third kappa shape index (κ3) is 8.04. The van der Waals surface area contributed by atoms with Gasteiger partial charge in [-0.15, -0.1) is 6.58 Å². The monoisotopic (exact) mass is 294 g/mol. The molecule has 3 unspecified atom stereocenters. The molecule has 1 heterocycles. The summed E-state index contributed by atoms with van der Waals surface area (Å²) in [6.07, 6.45) is 20.5. The van der Waals surface area contributed by atoms with Crippen molar-refractivity contribution in [3.63, 3.8) is 0 Å². The Morgan fingerprint density at radius 2 is 1.43 bits per heavy atom. The Morgan fingerprint density at radius 1 is 0.857 bits per heavy atom. The summed E-state index contributed by atoms with van der Waals surface area (Å²) >= 11 is 0. The molecule has 21 heavy (non-hydrogen) atoms. The zero-order valence-corrected chi connectivity index (χ0v) is 14.6. The van der Waals surface area contributed by atoms with Crippen molar-refractivity contribution in [3.8, 4) is 0 Å². The van der Waals surface area contributed by atoms with Crippen LogP contribution in [0.5, 0.6) is 0 Å². The Balaban J connectivity index is 2.14. The van der Waals surface area contributed by atoms with Crippen LogP contribution in [0.2, 0.25) is 0 Å². The molecular weight excluding hydrogens is 256 g/mol. The minimum absolute atomic E-state index is 0.463. The first kappa shape index (κ1) is 18.7. The van der Waals surface area contributed by atoms with E-state index in [1.807, 2.05) is 0 Å². The molecule has 0 N–H and O–H groups in total. The van der Waals surface area contributed by atoms with Crippen molar-refractivity contribution < 1.29 is 4.74 Å². The fourth-order valence-electron chi connectivity index (χ4n) is 3.50. The van der Waals surface area contributed by atoms with Gasteiger partial charge in [0.1, 0.15) is 0 Å². The Morgan fingerprint density at radius 3 is 2.00 bits per heavy atom. The standard InChI is InChI=1S/C20H38O/c1-4-7-9-11-13-15-19-17-18(6-3)20(21-19)16-14-12-10-8-5-2/h6,18-20H,3-5,7-17H2,1-2H3. The largest absolute Gasteiger partial charge is 0.374 e. The molecule has 0 aromatic carbocycles. The molecule has 3 atom stereocenters. The average molecular weight is 295 g/mol. The van der Waals surface area contributed by atoms with Gasteiger partial charge in [-0.3, -0.25) is 0 Å². The number of hydrogen-bond acceptors (Lipinski definition) is 1. The SMILES string of the molecule is C=CC1CC(CCCCCCC)OC1CCCCCCC. The third-order valence-corrected chi connectivity index (χ3v) is 4.90. The van der Waals surface area contributed by atoms with Gasteiger partial charge in [0.2, 0.25) is 0 Å². The molecule has 0 aliphatic carbocycles. The molecule has 1 rings (SSSR count). The molecule has 0 spiro atoms. The van der Waals surface area contributed by atoms with E-state index in [1.165, 1.54) is 83.5 Å². The smallest absolute Gasteiger partial charge is 0.0642 e. The number of ether oxygens (including phenoxy) is 1. The van der Waals surface area contributed by atoms with Gasteiger partial charge >= 0.3 is 0 Å². The van der Waals surface area contributed by atoms with Crippen LogP contribution in [0.1, 0.15) is 97.3 Å². The highest BCUT2D eigenvalue weighted by atomic mass is 16.5. The quantitative estimate of drug-likeness (QED) is 0.272. The van der Waals surface area contributed by atoms with Crippen molar-refractivity contribution in [2.24, 2.45) is 5.92 Å². The third-order valence-electron chi connectivity index (χ3n) is 4.90. The lowest BCUT2D eigenvalue weighted by Crippen LogP contribution is -2.14. The lowest BCUT2D eigenvalue weighted by molar-refractivity contribution is 0.0273. The normalized spacial score (nSPS) is 25.3. The van der Waals surface area contributed by atoms with Crippen molar-refractivity contribution in [2.45, 2.75) is 110 Å². The number of unbranched alkanes of at least 4 members (excludes halogenated alkanes) is 8. The average Bonchev–Trinajstić information content (AvgIpc) is 2.89. The van der Waals surface area contributed by atoms with Gasteiger partial charge in [0, 0.05) is 5.92 Å². The van der Waals surface area contributed by atoms with E-state index < -0.39 is 0 Å². The summed E-state index contributed by atoms with van der Waals surface area (Å²) in [5.74, 6) is 0.608. The van der Waals surface area contributed by atoms with E-state index in [-0.39, 0.29) is 0 Å². The van der Waals surface area contributed by atoms with Crippen LogP contribution in [-0.4, -0.2) is 12.2 Å². The summed E-state index contributed by atoms with van der Waals surface area (Å²) in [7, 11) is 0. The molecule has 1 saturated heterocycles. The minimum Gasteiger partial charge on any atom is -0.374 e. The first-order valence-corrected chi connectivity index (χ1v) is 9.59. The minimum atomic E-state index is 0.463. The van der Waals surface area contributed by atoms with Gasteiger partial charge in [0.25, 0.3) is 0 Å². The molecule has 0 bridgehead atoms. The van der Waals surface area contributed by atoms with Gasteiger partial charge in [-0.25, -0.2) is 0 Å². The number of rotatable bonds is 13. The molecule has 1 fully saturated rings. The summed E-state index contributed by atoms with van der Waals surface area (Å²) in [5.41, 5.74) is 0. The van der Waals surface area contributed by atoms with Crippen molar-refractivity contribution in [1.82, 2.24) is 0 Å². The van der Waals surface area contributed by atoms with Crippen LogP contribution >= 0.6 is 0 Å². The second-order valence-corrected chi connectivity index (χ2v) is 6.84. The van der Waals surface area contributed by atoms with E-state index in [2.05, 4.69) is 26.5 Å². The molecule has 1 aliphatic rings. The van der Waals surface area contributed by atoms with Crippen molar-refractivity contribution >= 4 is 0 Å². The highest BCUT2D eigenvalue weighted by Crippen LogP contribution is 2.33. The van der Waals surface area contributed by atoms with Gasteiger partial charge in [-0.1, -0.05) is 84.1 Å². The van der Waals surface area contributed by atoms with E-state index in [0.29, 0.717) is 18.1 Å². The molecule has 0 amide bonds. The fraction of sp³-hybridized carbons (Fsp3) is 0.900. The summed E-state index contributed by atoms with van der Waals surface area (Å²) in [4.78, 5) is 0. The van der Waals surface area contributed by atoms with E-state index in [4.69, 9.17) is 4.74 Å². The van der Waals surface area contributed by atoms with Crippen LogP contribution in [0.3, 0.4) is 0 Å². The van der Waals surface area contributed by atoms with E-state index in [0.717, 1.165) is 0 Å². The maximum atomic E-state index is 6.31. The summed E-state index contributed by atoms with van der Waals surface area (Å²) < 4.78 is 6.31. The lowest BCUT2D eigenvalue weighted by atomic mass is 9.94. The Kier molecular flexibility index (Phi) is 10.9. The maximum Gasteiger partial charge on any atom is 0.0642 e. The van der Waals surface area contributed by atoms with E-state index in [1.54, 1.807) is 0 Å². The molecule has 1 nitrogen and oxygen atoms in total. The molecular formula is C20H38O. The molecule has 124 valence electrons. The molecule has 0 radical (unpaired) electrons. The van der Waals surface area contributed by atoms with Gasteiger partial charge in [0.05, 0.1) is 12.2 Å². The number of hydrogen-bond donors (Lipinski definition) is 0. The second kappa shape index (κ2) is 12.3. The zero-order valence-electron chi connectivity index (χ0n) is 14.6. The van der Waals surface area contributed by atoms with E-state index in [9.17, 15) is 0 Å². The highest BCUT2D eigenvalue weighted by Gasteiger charge is 2.32. The van der Waals surface area contributed by atoms with E-state index >= 15 is 0 Å². The van der Waals surface area contributed by atoms with Crippen LogP contribution in [0.25, 0.3) is 0 Å². The lowest BCUT2D eigenvalue weighted by Gasteiger charge is -2.16. The van der Waals surface area contributed by atoms with Crippen molar-refractivity contribution in [1.29, 1.82) is 0 Å². The van der Waals surface area contributed by atoms with Crippen molar-refractivity contribution in [2.75, 3.05) is 0 Å². The molecule has 0 aromatic heterocycles. The summed E-state index contributed by atoms with van der Waals surface area (Å²) in [5, 5.41) is 0. The van der Waals surface area contributed by atoms with Gasteiger partial charge < -0.3 is 4.74 Å². The van der Waals surface area contributed by atoms with Gasteiger partial charge in [-0.05, 0) is 19.3 Å².